The van der Waals surface area contributed by atoms with Crippen molar-refractivity contribution >= 4 is 28.4 Å². The van der Waals surface area contributed by atoms with Crippen molar-refractivity contribution in [1.82, 2.24) is 0 Å². The lowest BCUT2D eigenvalue weighted by Crippen LogP contribution is -1.96. The number of nitrogens with zero attached hydrogens (tertiary/aromatic N) is 1. The van der Waals surface area contributed by atoms with Gasteiger partial charge in [0.05, 0.1) is 6.07 Å². The van der Waals surface area contributed by atoms with E-state index in [1.165, 1.54) is 0 Å². The average Bonchev–Trinajstić information content (AvgIpc) is 2.57. The molecule has 0 N–H and O–H groups in total. The second-order valence-corrected chi connectivity index (χ2v) is 3.89. The Bertz CT molecular complexity index is 607. The molecule has 0 unspecified atom stereocenters. The van der Waals surface area contributed by atoms with Crippen LogP contribution in [0, 0.1) is 18.3 Å². The number of nitriles is 1. The van der Waals surface area contributed by atoms with Gasteiger partial charge < -0.3 is 4.42 Å². The summed E-state index contributed by atoms with van der Waals surface area (Å²) in [5.41, 5.74) is 1.35. The van der Waals surface area contributed by atoms with E-state index in [2.05, 4.69) is 0 Å². The number of rotatable bonds is 2. The molecule has 0 radical (unpaired) electrons. The van der Waals surface area contributed by atoms with Crippen molar-refractivity contribution in [2.75, 3.05) is 0 Å². The Morgan fingerprint density at radius 3 is 3.00 bits per heavy atom. The van der Waals surface area contributed by atoms with Crippen molar-refractivity contribution in [3.05, 3.63) is 34.5 Å². The molecule has 1 aromatic carbocycles. The Morgan fingerprint density at radius 2 is 2.31 bits per heavy atom. The zero-order valence-corrected chi connectivity index (χ0v) is 9.34. The van der Waals surface area contributed by atoms with E-state index in [0.717, 1.165) is 10.9 Å². The minimum atomic E-state index is -0.299. The number of halogens is 1. The first-order valence-electron chi connectivity index (χ1n) is 4.72. The van der Waals surface area contributed by atoms with E-state index in [9.17, 15) is 4.79 Å². The summed E-state index contributed by atoms with van der Waals surface area (Å²) in [6.45, 7) is 1.78. The molecule has 1 heterocycles. The second kappa shape index (κ2) is 3.99. The average molecular weight is 234 g/mol. The van der Waals surface area contributed by atoms with Crippen molar-refractivity contribution in [1.29, 1.82) is 5.26 Å². The van der Waals surface area contributed by atoms with Crippen LogP contribution in [0.3, 0.4) is 0 Å². The van der Waals surface area contributed by atoms with E-state index in [1.807, 2.05) is 6.07 Å². The molecule has 16 heavy (non-hydrogen) atoms. The van der Waals surface area contributed by atoms with Gasteiger partial charge in [0.1, 0.15) is 12.0 Å². The van der Waals surface area contributed by atoms with E-state index in [4.69, 9.17) is 21.3 Å². The summed E-state index contributed by atoms with van der Waals surface area (Å²) in [4.78, 5) is 11.6. The number of aryl methyl sites for hydroxylation is 1. The SMILES string of the molecule is Cc1c(C(=O)CC#N)oc2ccc(Cl)cc12. The monoisotopic (exact) mass is 233 g/mol. The zero-order chi connectivity index (χ0) is 11.7. The van der Waals surface area contributed by atoms with E-state index >= 15 is 0 Å². The largest absolute Gasteiger partial charge is 0.453 e. The summed E-state index contributed by atoms with van der Waals surface area (Å²) in [6.07, 6.45) is -0.172. The molecule has 2 rings (SSSR count). The van der Waals surface area contributed by atoms with Crippen LogP contribution in [0.2, 0.25) is 5.02 Å². The van der Waals surface area contributed by atoms with E-state index in [0.29, 0.717) is 10.6 Å². The predicted octanol–water partition coefficient (Wildman–Crippen LogP) is 3.49. The highest BCUT2D eigenvalue weighted by Gasteiger charge is 2.17. The number of benzene rings is 1. The summed E-state index contributed by atoms with van der Waals surface area (Å²) < 4.78 is 5.41. The highest BCUT2D eigenvalue weighted by atomic mass is 35.5. The Labute approximate surface area is 97.2 Å². The molecular formula is C12H8ClNO2. The normalized spacial score (nSPS) is 10.3. The fourth-order valence-electron chi connectivity index (χ4n) is 1.61. The Balaban J connectivity index is 2.61. The number of carbonyl (C=O) groups excluding carboxylic acids is 1. The van der Waals surface area contributed by atoms with Gasteiger partial charge in [0.2, 0.25) is 5.78 Å². The summed E-state index contributed by atoms with van der Waals surface area (Å²) in [5, 5.41) is 9.88. The van der Waals surface area contributed by atoms with Crippen LogP contribution in [0.25, 0.3) is 11.0 Å². The first kappa shape index (κ1) is 10.7. The van der Waals surface area contributed by atoms with Gasteiger partial charge in [-0.05, 0) is 25.1 Å². The fraction of sp³-hybridized carbons (Fsp3) is 0.167. The van der Waals surface area contributed by atoms with Gasteiger partial charge in [-0.25, -0.2) is 0 Å². The van der Waals surface area contributed by atoms with Crippen molar-refractivity contribution in [3.8, 4) is 6.07 Å². The van der Waals surface area contributed by atoms with Crippen LogP contribution in [-0.4, -0.2) is 5.78 Å². The van der Waals surface area contributed by atoms with Gasteiger partial charge in [-0.2, -0.15) is 5.26 Å². The van der Waals surface area contributed by atoms with Crippen LogP contribution in [0.5, 0.6) is 0 Å². The first-order valence-corrected chi connectivity index (χ1v) is 5.10. The highest BCUT2D eigenvalue weighted by molar-refractivity contribution is 6.31. The van der Waals surface area contributed by atoms with Crippen LogP contribution >= 0.6 is 11.6 Å². The van der Waals surface area contributed by atoms with Crippen molar-refractivity contribution in [3.63, 3.8) is 0 Å². The van der Waals surface area contributed by atoms with Crippen molar-refractivity contribution in [2.24, 2.45) is 0 Å². The molecule has 0 saturated heterocycles. The lowest BCUT2D eigenvalue weighted by Gasteiger charge is -1.91. The van der Waals surface area contributed by atoms with Crippen LogP contribution in [0.4, 0.5) is 0 Å². The summed E-state index contributed by atoms with van der Waals surface area (Å²) in [7, 11) is 0. The van der Waals surface area contributed by atoms with Gasteiger partial charge in [0.15, 0.2) is 5.76 Å². The standard InChI is InChI=1S/C12H8ClNO2/c1-7-9-6-8(13)2-3-11(9)16-12(7)10(15)4-5-14/h2-3,6H,4H2,1H3. The molecule has 0 aliphatic rings. The lowest BCUT2D eigenvalue weighted by molar-refractivity contribution is 0.0972. The number of hydrogen-bond donors (Lipinski definition) is 0. The summed E-state index contributed by atoms with van der Waals surface area (Å²) >= 11 is 5.86. The zero-order valence-electron chi connectivity index (χ0n) is 8.58. The van der Waals surface area contributed by atoms with Crippen molar-refractivity contribution in [2.45, 2.75) is 13.3 Å². The van der Waals surface area contributed by atoms with Gasteiger partial charge >= 0.3 is 0 Å². The lowest BCUT2D eigenvalue weighted by atomic mass is 10.1. The molecule has 2 aromatic rings. The van der Waals surface area contributed by atoms with E-state index < -0.39 is 0 Å². The number of furan rings is 1. The number of Topliss-reactive ketones (excluding diaryl/α,β-unsaturated/α-hetero) is 1. The number of carbonyl (C=O) groups is 1. The molecule has 0 atom stereocenters. The number of fused-ring (bicyclic) bond motifs is 1. The third kappa shape index (κ3) is 1.68. The third-order valence-electron chi connectivity index (χ3n) is 2.39. The minimum absolute atomic E-state index is 0.172. The molecule has 0 aliphatic carbocycles. The van der Waals surface area contributed by atoms with Crippen LogP contribution in [0.15, 0.2) is 22.6 Å². The predicted molar refractivity (Wildman–Crippen MR) is 60.5 cm³/mol. The third-order valence-corrected chi connectivity index (χ3v) is 2.63. The van der Waals surface area contributed by atoms with Gasteiger partial charge in [-0.3, -0.25) is 4.79 Å². The molecule has 0 bridgehead atoms. The highest BCUT2D eigenvalue weighted by Crippen LogP contribution is 2.28. The maximum Gasteiger partial charge on any atom is 0.212 e. The molecule has 4 heteroatoms. The molecule has 0 fully saturated rings. The second-order valence-electron chi connectivity index (χ2n) is 3.45. The Morgan fingerprint density at radius 1 is 1.56 bits per heavy atom. The quantitative estimate of drug-likeness (QED) is 0.746. The molecule has 3 nitrogen and oxygen atoms in total. The maximum atomic E-state index is 11.6. The van der Waals surface area contributed by atoms with Gasteiger partial charge in [-0.15, -0.1) is 0 Å². The molecule has 0 spiro atoms. The fourth-order valence-corrected chi connectivity index (χ4v) is 1.78. The number of hydrogen-bond acceptors (Lipinski definition) is 3. The number of ketones is 1. The van der Waals surface area contributed by atoms with Gasteiger partial charge in [0, 0.05) is 16.0 Å². The van der Waals surface area contributed by atoms with Crippen LogP contribution < -0.4 is 0 Å². The summed E-state index contributed by atoms with van der Waals surface area (Å²) in [6, 6.07) is 6.98. The van der Waals surface area contributed by atoms with Crippen molar-refractivity contribution < 1.29 is 9.21 Å². The first-order chi connectivity index (χ1) is 7.63. The van der Waals surface area contributed by atoms with Gasteiger partial charge in [0.25, 0.3) is 0 Å². The molecular weight excluding hydrogens is 226 g/mol. The topological polar surface area (TPSA) is 54.0 Å². The van der Waals surface area contributed by atoms with Crippen LogP contribution in [-0.2, 0) is 0 Å². The smallest absolute Gasteiger partial charge is 0.212 e. The van der Waals surface area contributed by atoms with E-state index in [1.54, 1.807) is 25.1 Å². The van der Waals surface area contributed by atoms with Gasteiger partial charge in [-0.1, -0.05) is 11.6 Å². The van der Waals surface area contributed by atoms with E-state index in [-0.39, 0.29) is 18.0 Å². The Kier molecular flexibility index (Phi) is 2.67. The maximum absolute atomic E-state index is 11.6. The molecule has 0 aliphatic heterocycles. The summed E-state index contributed by atoms with van der Waals surface area (Å²) in [5.74, 6) is -0.0499. The Hall–Kier alpha value is -1.79. The molecule has 80 valence electrons. The molecule has 1 aromatic heterocycles. The molecule has 0 amide bonds. The molecule has 0 saturated carbocycles. The van der Waals surface area contributed by atoms with Crippen LogP contribution in [0.1, 0.15) is 22.5 Å². The minimum Gasteiger partial charge on any atom is -0.453 e.